The Morgan fingerprint density at radius 2 is 0.905 bits per heavy atom. The molecule has 6 aromatic carbocycles. The smallest absolute Gasteiger partial charge is 0.0509 e. The third-order valence-electron chi connectivity index (χ3n) is 8.81. The minimum absolute atomic E-state index is 1.13. The first kappa shape index (κ1) is 24.5. The largest absolute Gasteiger partial charge is 0.344 e. The molecule has 0 saturated heterocycles. The number of aromatic nitrogens is 2. The predicted molar refractivity (Wildman–Crippen MR) is 179 cm³/mol. The molecule has 0 amide bonds. The average Bonchev–Trinajstić information content (AvgIpc) is 3.48. The van der Waals surface area contributed by atoms with Crippen LogP contribution in [0.2, 0.25) is 0 Å². The van der Waals surface area contributed by atoms with Gasteiger partial charge in [-0.3, -0.25) is 0 Å². The second-order valence-corrected chi connectivity index (χ2v) is 11.3. The first-order chi connectivity index (χ1) is 20.6. The number of rotatable bonds is 4. The van der Waals surface area contributed by atoms with E-state index in [0.717, 1.165) is 17.1 Å². The summed E-state index contributed by atoms with van der Waals surface area (Å²) in [6.07, 6.45) is 0. The SMILES string of the molecule is Cc1ccc(N(c2ccc(-c3ccccc3)cc2)c2ccc3c4cc5c(cc4n(C)c3c2)c2ccccc2n5C)cc1. The van der Waals surface area contributed by atoms with Gasteiger partial charge < -0.3 is 14.0 Å². The van der Waals surface area contributed by atoms with Gasteiger partial charge in [0.15, 0.2) is 0 Å². The second-order valence-electron chi connectivity index (χ2n) is 11.3. The van der Waals surface area contributed by atoms with Crippen LogP contribution in [-0.4, -0.2) is 9.13 Å². The van der Waals surface area contributed by atoms with Crippen molar-refractivity contribution < 1.29 is 0 Å². The van der Waals surface area contributed by atoms with E-state index in [4.69, 9.17) is 0 Å². The minimum Gasteiger partial charge on any atom is -0.344 e. The molecule has 0 spiro atoms. The fourth-order valence-corrected chi connectivity index (χ4v) is 6.56. The maximum absolute atomic E-state index is 2.37. The molecular weight excluding hydrogens is 510 g/mol. The van der Waals surface area contributed by atoms with Gasteiger partial charge in [0.2, 0.25) is 0 Å². The second kappa shape index (κ2) is 9.39. The van der Waals surface area contributed by atoms with Crippen molar-refractivity contribution in [3.8, 4) is 11.1 Å². The molecular formula is C39H31N3. The molecule has 8 rings (SSSR count). The van der Waals surface area contributed by atoms with E-state index in [9.17, 15) is 0 Å². The van der Waals surface area contributed by atoms with Gasteiger partial charge in [0.25, 0.3) is 0 Å². The zero-order valence-corrected chi connectivity index (χ0v) is 24.0. The summed E-state index contributed by atoms with van der Waals surface area (Å²) in [5.74, 6) is 0. The summed E-state index contributed by atoms with van der Waals surface area (Å²) in [6.45, 7) is 2.14. The summed E-state index contributed by atoms with van der Waals surface area (Å²) in [5, 5.41) is 5.15. The van der Waals surface area contributed by atoms with Gasteiger partial charge in [-0.25, -0.2) is 0 Å². The lowest BCUT2D eigenvalue weighted by Crippen LogP contribution is -2.10. The molecule has 0 N–H and O–H groups in total. The molecule has 0 fully saturated rings. The third-order valence-corrected chi connectivity index (χ3v) is 8.81. The standard InChI is InChI=1S/C39H31N3/c1-26-13-17-29(18-14-26)42(30-19-15-28(16-20-30)27-9-5-4-6-10-27)31-21-22-33-35-25-38-34(24-39(35)41(3)37(33)23-31)32-11-7-8-12-36(32)40(38)2/h4-25H,1-3H3. The number of aryl methyl sites for hydroxylation is 3. The molecule has 0 saturated carbocycles. The van der Waals surface area contributed by atoms with Crippen LogP contribution in [0.3, 0.4) is 0 Å². The van der Waals surface area contributed by atoms with Gasteiger partial charge in [-0.05, 0) is 72.6 Å². The number of benzene rings is 6. The van der Waals surface area contributed by atoms with Gasteiger partial charge in [-0.15, -0.1) is 0 Å². The van der Waals surface area contributed by atoms with Crippen LogP contribution >= 0.6 is 0 Å². The maximum Gasteiger partial charge on any atom is 0.0509 e. The molecule has 2 heterocycles. The van der Waals surface area contributed by atoms with Crippen molar-refractivity contribution in [2.75, 3.05) is 4.90 Å². The lowest BCUT2D eigenvalue weighted by atomic mass is 10.0. The van der Waals surface area contributed by atoms with Crippen molar-refractivity contribution in [3.05, 3.63) is 139 Å². The van der Waals surface area contributed by atoms with E-state index in [1.165, 1.54) is 60.3 Å². The first-order valence-electron chi connectivity index (χ1n) is 14.5. The van der Waals surface area contributed by atoms with E-state index in [-0.39, 0.29) is 0 Å². The van der Waals surface area contributed by atoms with Crippen molar-refractivity contribution >= 4 is 60.7 Å². The summed E-state index contributed by atoms with van der Waals surface area (Å²) in [7, 11) is 4.36. The number of para-hydroxylation sites is 1. The van der Waals surface area contributed by atoms with Crippen molar-refractivity contribution in [2.45, 2.75) is 6.92 Å². The van der Waals surface area contributed by atoms with Gasteiger partial charge in [0, 0.05) is 69.3 Å². The Balaban J connectivity index is 1.31. The van der Waals surface area contributed by atoms with Crippen molar-refractivity contribution in [1.82, 2.24) is 9.13 Å². The molecule has 3 nitrogen and oxygen atoms in total. The summed E-state index contributed by atoms with van der Waals surface area (Å²) >= 11 is 0. The van der Waals surface area contributed by atoms with E-state index in [1.54, 1.807) is 0 Å². The highest BCUT2D eigenvalue weighted by molar-refractivity contribution is 6.18. The number of hydrogen-bond donors (Lipinski definition) is 0. The lowest BCUT2D eigenvalue weighted by molar-refractivity contribution is 1.01. The third kappa shape index (κ3) is 3.74. The molecule has 8 aromatic rings. The monoisotopic (exact) mass is 541 g/mol. The van der Waals surface area contributed by atoms with E-state index < -0.39 is 0 Å². The molecule has 0 atom stereocenters. The Labute approximate surface area is 245 Å². The average molecular weight is 542 g/mol. The fourth-order valence-electron chi connectivity index (χ4n) is 6.56. The Kier molecular flexibility index (Phi) is 5.48. The quantitative estimate of drug-likeness (QED) is 0.216. The van der Waals surface area contributed by atoms with E-state index in [2.05, 4.69) is 169 Å². The fraction of sp³-hybridized carbons (Fsp3) is 0.0769. The minimum atomic E-state index is 1.13. The summed E-state index contributed by atoms with van der Waals surface area (Å²) in [4.78, 5) is 2.36. The highest BCUT2D eigenvalue weighted by atomic mass is 15.1. The molecule has 2 aromatic heterocycles. The van der Waals surface area contributed by atoms with Crippen molar-refractivity contribution in [2.24, 2.45) is 14.1 Å². The van der Waals surface area contributed by atoms with E-state index in [1.807, 2.05) is 0 Å². The summed E-state index contributed by atoms with van der Waals surface area (Å²) < 4.78 is 4.66. The van der Waals surface area contributed by atoms with Crippen molar-refractivity contribution in [3.63, 3.8) is 0 Å². The van der Waals surface area contributed by atoms with Crippen LogP contribution in [0.1, 0.15) is 5.56 Å². The topological polar surface area (TPSA) is 13.1 Å². The van der Waals surface area contributed by atoms with Crippen molar-refractivity contribution in [1.29, 1.82) is 0 Å². The molecule has 0 aliphatic heterocycles. The van der Waals surface area contributed by atoms with Crippen LogP contribution in [0, 0.1) is 6.92 Å². The zero-order valence-electron chi connectivity index (χ0n) is 24.0. The maximum atomic E-state index is 2.37. The Morgan fingerprint density at radius 3 is 1.60 bits per heavy atom. The van der Waals surface area contributed by atoms with Crippen LogP contribution in [-0.2, 0) is 14.1 Å². The lowest BCUT2D eigenvalue weighted by Gasteiger charge is -2.26. The number of fused-ring (bicyclic) bond motifs is 6. The number of nitrogens with zero attached hydrogens (tertiary/aromatic N) is 3. The Morgan fingerprint density at radius 1 is 0.405 bits per heavy atom. The highest BCUT2D eigenvalue weighted by Crippen LogP contribution is 2.40. The van der Waals surface area contributed by atoms with Gasteiger partial charge in [0.05, 0.1) is 5.52 Å². The Bertz CT molecular complexity index is 2250. The van der Waals surface area contributed by atoms with Gasteiger partial charge in [0.1, 0.15) is 0 Å². The van der Waals surface area contributed by atoms with Crippen LogP contribution in [0.4, 0.5) is 17.1 Å². The molecule has 202 valence electrons. The summed E-state index contributed by atoms with van der Waals surface area (Å²) in [6, 6.07) is 48.6. The highest BCUT2D eigenvalue weighted by Gasteiger charge is 2.18. The molecule has 0 aliphatic carbocycles. The number of hydrogen-bond acceptors (Lipinski definition) is 1. The van der Waals surface area contributed by atoms with E-state index in [0.29, 0.717) is 0 Å². The molecule has 0 aliphatic rings. The first-order valence-corrected chi connectivity index (χ1v) is 14.5. The molecule has 0 unspecified atom stereocenters. The predicted octanol–water partition coefficient (Wildman–Crippen LogP) is 10.4. The normalized spacial score (nSPS) is 11.7. The molecule has 0 radical (unpaired) electrons. The number of anilines is 3. The molecule has 0 bridgehead atoms. The molecule has 42 heavy (non-hydrogen) atoms. The van der Waals surface area contributed by atoms with E-state index >= 15 is 0 Å². The van der Waals surface area contributed by atoms with Gasteiger partial charge in [-0.2, -0.15) is 0 Å². The summed E-state index contributed by atoms with van der Waals surface area (Å²) in [5.41, 5.74) is 12.1. The zero-order chi connectivity index (χ0) is 28.4. The van der Waals surface area contributed by atoms with Crippen LogP contribution in [0.25, 0.3) is 54.7 Å². The van der Waals surface area contributed by atoms with Crippen LogP contribution in [0.15, 0.2) is 133 Å². The molecule has 3 heteroatoms. The van der Waals surface area contributed by atoms with Crippen LogP contribution < -0.4 is 4.90 Å². The van der Waals surface area contributed by atoms with Crippen LogP contribution in [0.5, 0.6) is 0 Å². The Hall–Kier alpha value is -5.28. The van der Waals surface area contributed by atoms with Gasteiger partial charge in [-0.1, -0.05) is 84.4 Å². The van der Waals surface area contributed by atoms with Gasteiger partial charge >= 0.3 is 0 Å².